The molecule has 2 aromatic carbocycles. The van der Waals surface area contributed by atoms with Gasteiger partial charge in [0.2, 0.25) is 0 Å². The van der Waals surface area contributed by atoms with E-state index in [-0.39, 0.29) is 0 Å². The minimum atomic E-state index is 0.486. The molecule has 0 amide bonds. The molecule has 1 fully saturated rings. The Morgan fingerprint density at radius 3 is 2.56 bits per heavy atom. The minimum absolute atomic E-state index is 0.486. The van der Waals surface area contributed by atoms with Crippen molar-refractivity contribution in [1.29, 1.82) is 0 Å². The van der Waals surface area contributed by atoms with Gasteiger partial charge >= 0.3 is 0 Å². The quantitative estimate of drug-likeness (QED) is 0.347. The van der Waals surface area contributed by atoms with Crippen LogP contribution in [-0.2, 0) is 17.2 Å². The third-order valence-corrected chi connectivity index (χ3v) is 7.30. The summed E-state index contributed by atoms with van der Waals surface area (Å²) in [6.45, 7) is 12.3. The Balaban J connectivity index is 1.34. The van der Waals surface area contributed by atoms with E-state index in [1.807, 2.05) is 6.26 Å². The first-order chi connectivity index (χ1) is 16.5. The zero-order valence-corrected chi connectivity index (χ0v) is 21.4. The van der Waals surface area contributed by atoms with Crippen LogP contribution in [0.15, 0.2) is 42.6 Å². The van der Waals surface area contributed by atoms with Crippen molar-refractivity contribution in [3.63, 3.8) is 0 Å². The van der Waals surface area contributed by atoms with Crippen molar-refractivity contribution < 1.29 is 8.92 Å². The fourth-order valence-electron chi connectivity index (χ4n) is 4.91. The van der Waals surface area contributed by atoms with Gasteiger partial charge in [0.05, 0.1) is 18.0 Å². The van der Waals surface area contributed by atoms with Crippen molar-refractivity contribution in [2.75, 3.05) is 43.9 Å². The van der Waals surface area contributed by atoms with Crippen molar-refractivity contribution in [3.8, 4) is 22.6 Å². The summed E-state index contributed by atoms with van der Waals surface area (Å²) in [5.74, 6) is 1.85. The third-order valence-electron chi connectivity index (χ3n) is 6.90. The summed E-state index contributed by atoms with van der Waals surface area (Å²) in [7, 11) is 0. The van der Waals surface area contributed by atoms with Crippen molar-refractivity contribution in [1.82, 2.24) is 14.5 Å². The Morgan fingerprint density at radius 2 is 1.85 bits per heavy atom. The molecule has 0 atom stereocenters. The fraction of sp³-hybridized carbons (Fsp3) is 0.444. The van der Waals surface area contributed by atoms with Gasteiger partial charge in [0.1, 0.15) is 12.4 Å². The second kappa shape index (κ2) is 10.0. The molecular formula is C27H34N4O2S. The summed E-state index contributed by atoms with van der Waals surface area (Å²) < 4.78 is 13.7. The summed E-state index contributed by atoms with van der Waals surface area (Å²) in [5, 5.41) is 0. The largest absolute Gasteiger partial charge is 0.483 e. The van der Waals surface area contributed by atoms with E-state index in [1.54, 1.807) is 0 Å². The lowest BCUT2D eigenvalue weighted by molar-refractivity contribution is 0.209. The molecule has 5 rings (SSSR count). The first-order valence-corrected chi connectivity index (χ1v) is 13.3. The molecule has 0 aliphatic carbocycles. The van der Waals surface area contributed by atoms with Crippen LogP contribution in [0.4, 0.5) is 5.69 Å². The van der Waals surface area contributed by atoms with Crippen LogP contribution in [0.25, 0.3) is 16.8 Å². The average molecular weight is 479 g/mol. The van der Waals surface area contributed by atoms with Crippen LogP contribution in [0.5, 0.6) is 5.75 Å². The summed E-state index contributed by atoms with van der Waals surface area (Å²) in [6.07, 6.45) is 4.85. The molecule has 34 heavy (non-hydrogen) atoms. The number of aromatic nitrogens is 2. The van der Waals surface area contributed by atoms with Gasteiger partial charge in [-0.25, -0.2) is 4.98 Å². The monoisotopic (exact) mass is 478 g/mol. The molecule has 0 spiro atoms. The van der Waals surface area contributed by atoms with E-state index in [2.05, 4.69) is 77.7 Å². The van der Waals surface area contributed by atoms with E-state index in [1.165, 1.54) is 34.4 Å². The molecule has 0 saturated carbocycles. The zero-order valence-electron chi connectivity index (χ0n) is 20.6. The molecule has 0 bridgehead atoms. The molecule has 2 aliphatic rings. The van der Waals surface area contributed by atoms with Crippen LogP contribution >= 0.6 is 12.0 Å². The van der Waals surface area contributed by atoms with Crippen LogP contribution in [-0.4, -0.2) is 59.5 Å². The molecule has 3 heterocycles. The molecule has 2 aliphatic heterocycles. The van der Waals surface area contributed by atoms with Crippen LogP contribution in [0.2, 0.25) is 0 Å². The number of ether oxygens (including phenoxy) is 1. The van der Waals surface area contributed by atoms with Crippen molar-refractivity contribution in [2.24, 2.45) is 0 Å². The van der Waals surface area contributed by atoms with E-state index in [9.17, 15) is 0 Å². The molecule has 180 valence electrons. The number of nitrogens with zero attached hydrogens (tertiary/aromatic N) is 4. The van der Waals surface area contributed by atoms with Gasteiger partial charge in [-0.05, 0) is 73.8 Å². The van der Waals surface area contributed by atoms with Gasteiger partial charge < -0.3 is 13.8 Å². The van der Waals surface area contributed by atoms with Crippen LogP contribution in [0.1, 0.15) is 30.9 Å². The molecule has 7 heteroatoms. The highest BCUT2D eigenvalue weighted by Crippen LogP contribution is 2.37. The Kier molecular flexibility index (Phi) is 6.86. The molecule has 6 nitrogen and oxygen atoms in total. The Morgan fingerprint density at radius 1 is 1.09 bits per heavy atom. The predicted molar refractivity (Wildman–Crippen MR) is 140 cm³/mol. The van der Waals surface area contributed by atoms with Gasteiger partial charge in [0, 0.05) is 56.8 Å². The van der Waals surface area contributed by atoms with E-state index in [4.69, 9.17) is 13.9 Å². The van der Waals surface area contributed by atoms with Crippen molar-refractivity contribution in [2.45, 2.75) is 39.8 Å². The maximum absolute atomic E-state index is 6.12. The summed E-state index contributed by atoms with van der Waals surface area (Å²) in [5.41, 5.74) is 7.07. The summed E-state index contributed by atoms with van der Waals surface area (Å²) in [4.78, 5) is 9.78. The predicted octanol–water partition coefficient (Wildman–Crippen LogP) is 5.11. The van der Waals surface area contributed by atoms with Gasteiger partial charge in [-0.15, -0.1) is 0 Å². The molecule has 1 saturated heterocycles. The summed E-state index contributed by atoms with van der Waals surface area (Å²) in [6, 6.07) is 14.0. The molecular weight excluding hydrogens is 444 g/mol. The molecule has 0 N–H and O–H groups in total. The SMILES string of the molecule is CSOCCc1cn2c(n1)COc1cc(-c3ccc(N4CCN(C(C)C)CC4)cc3)c(C)cc1-2. The van der Waals surface area contributed by atoms with Gasteiger partial charge in [-0.1, -0.05) is 12.1 Å². The number of aryl methyl sites for hydroxylation is 1. The third kappa shape index (κ3) is 4.69. The highest BCUT2D eigenvalue weighted by atomic mass is 32.2. The Bertz CT molecular complexity index is 1130. The topological polar surface area (TPSA) is 42.8 Å². The lowest BCUT2D eigenvalue weighted by atomic mass is 9.98. The molecule has 0 unspecified atom stereocenters. The van der Waals surface area contributed by atoms with Crippen molar-refractivity contribution in [3.05, 3.63) is 59.7 Å². The standard InChI is InChI=1S/C27H34N4O2S/c1-19(2)29-10-12-30(13-11-29)23-7-5-21(6-8-23)24-16-26-25(15-20(24)3)31-17-22(9-14-33-34-4)28-27(31)18-32-26/h5-8,15-17,19H,9-14,18H2,1-4H3. The number of anilines is 1. The number of rotatable bonds is 7. The average Bonchev–Trinajstić information content (AvgIpc) is 3.28. The van der Waals surface area contributed by atoms with E-state index < -0.39 is 0 Å². The number of imidazole rings is 1. The highest BCUT2D eigenvalue weighted by molar-refractivity contribution is 7.93. The zero-order chi connectivity index (χ0) is 23.7. The van der Waals surface area contributed by atoms with Crippen molar-refractivity contribution >= 4 is 17.7 Å². The number of hydrogen-bond donors (Lipinski definition) is 0. The second-order valence-electron chi connectivity index (χ2n) is 9.34. The Labute approximate surface area is 207 Å². The van der Waals surface area contributed by atoms with Crippen LogP contribution in [0.3, 0.4) is 0 Å². The normalized spacial score (nSPS) is 15.9. The molecule has 0 radical (unpaired) electrons. The van der Waals surface area contributed by atoms with E-state index >= 15 is 0 Å². The molecule has 1 aromatic heterocycles. The smallest absolute Gasteiger partial charge is 0.151 e. The number of piperazine rings is 1. The lowest BCUT2D eigenvalue weighted by Crippen LogP contribution is -2.48. The second-order valence-corrected chi connectivity index (χ2v) is 9.91. The van der Waals surface area contributed by atoms with Gasteiger partial charge in [-0.2, -0.15) is 0 Å². The molecule has 3 aromatic rings. The maximum atomic E-state index is 6.12. The number of benzene rings is 2. The van der Waals surface area contributed by atoms with Gasteiger partial charge in [0.25, 0.3) is 0 Å². The van der Waals surface area contributed by atoms with Crippen LogP contribution in [0, 0.1) is 6.92 Å². The Hall–Kier alpha value is -2.48. The van der Waals surface area contributed by atoms with E-state index in [0.29, 0.717) is 19.3 Å². The number of hydrogen-bond acceptors (Lipinski definition) is 6. The van der Waals surface area contributed by atoms with Gasteiger partial charge in [0.15, 0.2) is 5.82 Å². The van der Waals surface area contributed by atoms with Gasteiger partial charge in [-0.3, -0.25) is 9.47 Å². The first kappa shape index (κ1) is 23.3. The highest BCUT2D eigenvalue weighted by Gasteiger charge is 2.22. The lowest BCUT2D eigenvalue weighted by Gasteiger charge is -2.38. The summed E-state index contributed by atoms with van der Waals surface area (Å²) >= 11 is 1.39. The number of fused-ring (bicyclic) bond motifs is 3. The van der Waals surface area contributed by atoms with E-state index in [0.717, 1.165) is 55.6 Å². The maximum Gasteiger partial charge on any atom is 0.151 e. The first-order valence-electron chi connectivity index (χ1n) is 12.1. The fourth-order valence-corrected chi connectivity index (χ4v) is 5.16. The minimum Gasteiger partial charge on any atom is -0.483 e. The van der Waals surface area contributed by atoms with Crippen LogP contribution < -0.4 is 9.64 Å².